The summed E-state index contributed by atoms with van der Waals surface area (Å²) in [5.74, 6) is -0.810. The van der Waals surface area contributed by atoms with Crippen molar-refractivity contribution in [2.45, 2.75) is 24.3 Å². The van der Waals surface area contributed by atoms with E-state index >= 15 is 0 Å². The summed E-state index contributed by atoms with van der Waals surface area (Å²) in [6.07, 6.45) is 1.31. The highest BCUT2D eigenvalue weighted by molar-refractivity contribution is 7.89. The van der Waals surface area contributed by atoms with Crippen LogP contribution >= 0.6 is 11.6 Å². The van der Waals surface area contributed by atoms with Crippen LogP contribution < -0.4 is 0 Å². The van der Waals surface area contributed by atoms with E-state index in [4.69, 9.17) is 11.6 Å². The second-order valence-electron chi connectivity index (χ2n) is 8.39. The van der Waals surface area contributed by atoms with Gasteiger partial charge >= 0.3 is 0 Å². The molecule has 0 aliphatic carbocycles. The summed E-state index contributed by atoms with van der Waals surface area (Å²) in [5.41, 5.74) is 1.14. The first kappa shape index (κ1) is 23.2. The lowest BCUT2D eigenvalue weighted by atomic mass is 9.97. The van der Waals surface area contributed by atoms with Crippen molar-refractivity contribution in [3.05, 3.63) is 64.9 Å². The summed E-state index contributed by atoms with van der Waals surface area (Å²) in [5, 5.41) is 0.716. The monoisotopic (exact) mass is 479 g/mol. The third kappa shape index (κ3) is 5.31. The number of carbonyl (C=O) groups is 1. The van der Waals surface area contributed by atoms with Crippen molar-refractivity contribution in [2.75, 3.05) is 39.3 Å². The number of sulfonamides is 1. The molecule has 2 aromatic rings. The Hall–Kier alpha value is -2.00. The van der Waals surface area contributed by atoms with E-state index in [0.29, 0.717) is 37.5 Å². The smallest absolute Gasteiger partial charge is 0.243 e. The van der Waals surface area contributed by atoms with Crippen LogP contribution in [0.1, 0.15) is 18.4 Å². The normalized spacial score (nSPS) is 20.9. The van der Waals surface area contributed by atoms with Crippen LogP contribution in [0.4, 0.5) is 4.39 Å². The number of halogens is 2. The molecule has 9 heteroatoms. The Kier molecular flexibility index (Phi) is 7.14. The maximum absolute atomic E-state index is 13.2. The molecule has 0 spiro atoms. The summed E-state index contributed by atoms with van der Waals surface area (Å²) < 4.78 is 40.4. The van der Waals surface area contributed by atoms with Crippen LogP contribution in [-0.2, 0) is 21.4 Å². The SMILES string of the molecule is O=C([C@H]1CCCN(S(=O)(=O)c2ccc(F)cc2)C1)N1CCN(Cc2cccc(Cl)c2)CC1. The molecule has 2 aliphatic rings. The summed E-state index contributed by atoms with van der Waals surface area (Å²) in [6.45, 7) is 4.11. The Morgan fingerprint density at radius 3 is 2.44 bits per heavy atom. The number of nitrogens with zero attached hydrogens (tertiary/aromatic N) is 3. The van der Waals surface area contributed by atoms with Crippen LogP contribution in [-0.4, -0.2) is 67.7 Å². The molecule has 172 valence electrons. The minimum atomic E-state index is -3.75. The van der Waals surface area contributed by atoms with Gasteiger partial charge in [-0.15, -0.1) is 0 Å². The Balaban J connectivity index is 1.34. The fourth-order valence-corrected chi connectivity index (χ4v) is 6.13. The summed E-state index contributed by atoms with van der Waals surface area (Å²) >= 11 is 6.07. The van der Waals surface area contributed by atoms with Crippen molar-refractivity contribution in [3.63, 3.8) is 0 Å². The van der Waals surface area contributed by atoms with Crippen molar-refractivity contribution < 1.29 is 17.6 Å². The van der Waals surface area contributed by atoms with Gasteiger partial charge in [0.15, 0.2) is 0 Å². The molecule has 2 saturated heterocycles. The Bertz CT molecular complexity index is 1060. The van der Waals surface area contributed by atoms with Crippen LogP contribution in [0, 0.1) is 11.7 Å². The topological polar surface area (TPSA) is 60.9 Å². The van der Waals surface area contributed by atoms with Gasteiger partial charge in [-0.05, 0) is 54.8 Å². The van der Waals surface area contributed by atoms with E-state index in [-0.39, 0.29) is 23.3 Å². The minimum absolute atomic E-state index is 0.0198. The lowest BCUT2D eigenvalue weighted by Gasteiger charge is -2.38. The first-order valence-electron chi connectivity index (χ1n) is 10.8. The Labute approximate surface area is 193 Å². The lowest BCUT2D eigenvalue weighted by molar-refractivity contribution is -0.138. The number of hydrogen-bond acceptors (Lipinski definition) is 4. The summed E-state index contributed by atoms with van der Waals surface area (Å²) in [6, 6.07) is 12.6. The van der Waals surface area contributed by atoms with Crippen molar-refractivity contribution >= 4 is 27.5 Å². The third-order valence-corrected chi connectivity index (χ3v) is 8.28. The molecule has 2 aliphatic heterocycles. The lowest BCUT2D eigenvalue weighted by Crippen LogP contribution is -2.52. The molecule has 1 amide bonds. The van der Waals surface area contributed by atoms with Gasteiger partial charge in [0.05, 0.1) is 10.8 Å². The van der Waals surface area contributed by atoms with Gasteiger partial charge in [0.25, 0.3) is 0 Å². The molecule has 0 saturated carbocycles. The van der Waals surface area contributed by atoms with E-state index < -0.39 is 15.8 Å². The van der Waals surface area contributed by atoms with Gasteiger partial charge in [-0.3, -0.25) is 9.69 Å². The van der Waals surface area contributed by atoms with Crippen LogP contribution in [0.25, 0.3) is 0 Å². The molecule has 1 atom stereocenters. The van der Waals surface area contributed by atoms with E-state index in [1.54, 1.807) is 0 Å². The maximum Gasteiger partial charge on any atom is 0.243 e. The van der Waals surface area contributed by atoms with Gasteiger partial charge in [0.2, 0.25) is 15.9 Å². The van der Waals surface area contributed by atoms with Gasteiger partial charge in [-0.1, -0.05) is 23.7 Å². The number of amides is 1. The highest BCUT2D eigenvalue weighted by atomic mass is 35.5. The van der Waals surface area contributed by atoms with Gasteiger partial charge in [0, 0.05) is 50.8 Å². The number of benzene rings is 2. The molecule has 0 aromatic heterocycles. The highest BCUT2D eigenvalue weighted by Gasteiger charge is 2.35. The van der Waals surface area contributed by atoms with Gasteiger partial charge < -0.3 is 4.90 Å². The van der Waals surface area contributed by atoms with Crippen LogP contribution in [0.2, 0.25) is 5.02 Å². The van der Waals surface area contributed by atoms with E-state index in [9.17, 15) is 17.6 Å². The van der Waals surface area contributed by atoms with E-state index in [1.165, 1.54) is 16.4 Å². The van der Waals surface area contributed by atoms with Crippen molar-refractivity contribution in [2.24, 2.45) is 5.92 Å². The number of piperidine rings is 1. The van der Waals surface area contributed by atoms with Crippen molar-refractivity contribution in [1.82, 2.24) is 14.1 Å². The number of hydrogen-bond donors (Lipinski definition) is 0. The zero-order chi connectivity index (χ0) is 22.7. The van der Waals surface area contributed by atoms with E-state index in [1.807, 2.05) is 29.2 Å². The zero-order valence-electron chi connectivity index (χ0n) is 17.8. The van der Waals surface area contributed by atoms with Crippen LogP contribution in [0.15, 0.2) is 53.4 Å². The van der Waals surface area contributed by atoms with Gasteiger partial charge in [-0.2, -0.15) is 4.31 Å². The molecule has 2 aromatic carbocycles. The molecule has 0 bridgehead atoms. The quantitative estimate of drug-likeness (QED) is 0.660. The molecule has 0 unspecified atom stereocenters. The largest absolute Gasteiger partial charge is 0.340 e. The highest BCUT2D eigenvalue weighted by Crippen LogP contribution is 2.26. The standard InChI is InChI=1S/C23H27ClFN3O3S/c24-20-5-1-3-18(15-20)16-26-11-13-27(14-12-26)23(29)19-4-2-10-28(17-19)32(30,31)22-8-6-21(25)7-9-22/h1,3,5-9,15,19H,2,4,10-14,16-17H2/t19-/m0/s1. The predicted molar refractivity (Wildman–Crippen MR) is 121 cm³/mol. The van der Waals surface area contributed by atoms with E-state index in [0.717, 1.165) is 37.3 Å². The second-order valence-corrected chi connectivity index (χ2v) is 10.8. The van der Waals surface area contributed by atoms with Crippen LogP contribution in [0.5, 0.6) is 0 Å². The number of carbonyl (C=O) groups excluding carboxylic acids is 1. The Morgan fingerprint density at radius 2 is 1.75 bits per heavy atom. The summed E-state index contributed by atoms with van der Waals surface area (Å²) in [7, 11) is -3.75. The fraction of sp³-hybridized carbons (Fsp3) is 0.435. The number of piperazine rings is 1. The number of rotatable bonds is 5. The zero-order valence-corrected chi connectivity index (χ0v) is 19.4. The molecule has 0 N–H and O–H groups in total. The van der Waals surface area contributed by atoms with Crippen molar-refractivity contribution in [1.29, 1.82) is 0 Å². The van der Waals surface area contributed by atoms with Crippen molar-refractivity contribution in [3.8, 4) is 0 Å². The minimum Gasteiger partial charge on any atom is -0.340 e. The molecule has 4 rings (SSSR count). The average molecular weight is 480 g/mol. The third-order valence-electron chi connectivity index (χ3n) is 6.16. The molecular weight excluding hydrogens is 453 g/mol. The average Bonchev–Trinajstić information content (AvgIpc) is 2.79. The first-order valence-corrected chi connectivity index (χ1v) is 12.7. The molecule has 32 heavy (non-hydrogen) atoms. The van der Waals surface area contributed by atoms with Gasteiger partial charge in [-0.25, -0.2) is 12.8 Å². The Morgan fingerprint density at radius 1 is 1.03 bits per heavy atom. The summed E-state index contributed by atoms with van der Waals surface area (Å²) in [4.78, 5) is 17.3. The molecule has 6 nitrogen and oxygen atoms in total. The fourth-order valence-electron chi connectivity index (χ4n) is 4.40. The molecule has 0 radical (unpaired) electrons. The molecule has 2 fully saturated rings. The van der Waals surface area contributed by atoms with Gasteiger partial charge in [0.1, 0.15) is 5.82 Å². The maximum atomic E-state index is 13.2. The van der Waals surface area contributed by atoms with E-state index in [2.05, 4.69) is 4.90 Å². The molecule has 2 heterocycles. The first-order chi connectivity index (χ1) is 15.3. The predicted octanol–water partition coefficient (Wildman–Crippen LogP) is 3.22. The molecular formula is C23H27ClFN3O3S. The van der Waals surface area contributed by atoms with Crippen LogP contribution in [0.3, 0.4) is 0 Å². The second kappa shape index (κ2) is 9.87.